The first-order valence-electron chi connectivity index (χ1n) is 10.7. The van der Waals surface area contributed by atoms with Crippen molar-refractivity contribution in [2.45, 2.75) is 64.1 Å². The Hall–Kier alpha value is -1.97. The van der Waals surface area contributed by atoms with Crippen molar-refractivity contribution < 1.29 is 9.22 Å². The third-order valence-corrected chi connectivity index (χ3v) is 11.1. The Balaban J connectivity index is 1.80. The number of aryl methyl sites for hydroxylation is 1. The number of fused-ring (bicyclic) bond motifs is 1. The zero-order valence-electron chi connectivity index (χ0n) is 18.5. The van der Waals surface area contributed by atoms with E-state index in [2.05, 4.69) is 64.2 Å². The van der Waals surface area contributed by atoms with Gasteiger partial charge in [-0.2, -0.15) is 0 Å². The molecule has 1 aliphatic rings. The number of hydrogen-bond acceptors (Lipinski definition) is 2. The molecule has 0 heterocycles. The Kier molecular flexibility index (Phi) is 6.60. The van der Waals surface area contributed by atoms with Gasteiger partial charge in [-0.15, -0.1) is 0 Å². The van der Waals surface area contributed by atoms with Crippen LogP contribution in [0.2, 0.25) is 18.1 Å². The largest absolute Gasteiger partial charge is 0.413 e. The van der Waals surface area contributed by atoms with E-state index in [0.29, 0.717) is 6.61 Å². The molecule has 1 atom stereocenters. The van der Waals surface area contributed by atoms with Crippen molar-refractivity contribution in [3.63, 3.8) is 0 Å². The summed E-state index contributed by atoms with van der Waals surface area (Å²) in [4.78, 5) is 13.3. The molecule has 0 radical (unpaired) electrons. The monoisotopic (exact) mass is 406 g/mol. The van der Waals surface area contributed by atoms with Crippen LogP contribution in [0, 0.1) is 0 Å². The van der Waals surface area contributed by atoms with Crippen LogP contribution in [0.5, 0.6) is 0 Å². The molecule has 0 aromatic heterocycles. The van der Waals surface area contributed by atoms with Crippen LogP contribution in [0.3, 0.4) is 0 Å². The third kappa shape index (κ3) is 4.96. The van der Waals surface area contributed by atoms with Gasteiger partial charge in [0.05, 0.1) is 6.61 Å². The molecule has 29 heavy (non-hydrogen) atoms. The van der Waals surface area contributed by atoms with E-state index in [1.165, 1.54) is 5.56 Å². The highest BCUT2D eigenvalue weighted by molar-refractivity contribution is 6.74. The van der Waals surface area contributed by atoms with Crippen molar-refractivity contribution in [2.75, 3.05) is 6.61 Å². The van der Waals surface area contributed by atoms with Gasteiger partial charge in [-0.05, 0) is 54.1 Å². The molecular weight excluding hydrogens is 372 g/mol. The van der Waals surface area contributed by atoms with E-state index in [1.807, 2.05) is 30.3 Å². The average Bonchev–Trinajstić information content (AvgIpc) is 2.84. The van der Waals surface area contributed by atoms with Crippen LogP contribution < -0.4 is 0 Å². The molecule has 0 aliphatic heterocycles. The molecule has 3 heteroatoms. The van der Waals surface area contributed by atoms with E-state index in [-0.39, 0.29) is 16.7 Å². The summed E-state index contributed by atoms with van der Waals surface area (Å²) in [5, 5.41) is 0.207. The van der Waals surface area contributed by atoms with E-state index in [4.69, 9.17) is 4.43 Å². The van der Waals surface area contributed by atoms with Crippen molar-refractivity contribution in [3.8, 4) is 0 Å². The lowest BCUT2D eigenvalue weighted by atomic mass is 9.86. The van der Waals surface area contributed by atoms with Gasteiger partial charge < -0.3 is 4.43 Å². The van der Waals surface area contributed by atoms with E-state index in [0.717, 1.165) is 36.0 Å². The van der Waals surface area contributed by atoms with E-state index >= 15 is 0 Å². The summed E-state index contributed by atoms with van der Waals surface area (Å²) in [6.45, 7) is 11.9. The first-order chi connectivity index (χ1) is 13.7. The Morgan fingerprint density at radius 1 is 1.07 bits per heavy atom. The summed E-state index contributed by atoms with van der Waals surface area (Å²) in [5.41, 5.74) is 4.35. The summed E-state index contributed by atoms with van der Waals surface area (Å²) in [6, 6.07) is 16.4. The van der Waals surface area contributed by atoms with Gasteiger partial charge >= 0.3 is 0 Å². The van der Waals surface area contributed by atoms with Crippen LogP contribution in [0.4, 0.5) is 0 Å². The molecule has 0 saturated carbocycles. The second-order valence-electron chi connectivity index (χ2n) is 9.57. The highest BCUT2D eigenvalue weighted by Gasteiger charge is 2.36. The number of carbonyl (C=O) groups excluding carboxylic acids is 1. The van der Waals surface area contributed by atoms with Crippen LogP contribution in [0.15, 0.2) is 54.6 Å². The number of ketones is 1. The Bertz CT molecular complexity index is 890. The van der Waals surface area contributed by atoms with Gasteiger partial charge in [0.2, 0.25) is 0 Å². The first-order valence-corrected chi connectivity index (χ1v) is 13.6. The lowest BCUT2D eigenvalue weighted by molar-refractivity contribution is 0.0957. The van der Waals surface area contributed by atoms with E-state index in [9.17, 15) is 4.79 Å². The summed E-state index contributed by atoms with van der Waals surface area (Å²) in [6.07, 6.45) is 7.16. The van der Waals surface area contributed by atoms with Crippen LogP contribution in [0.1, 0.15) is 66.6 Å². The van der Waals surface area contributed by atoms with Gasteiger partial charge in [-0.1, -0.05) is 81.5 Å². The van der Waals surface area contributed by atoms with E-state index in [1.54, 1.807) is 0 Å². The van der Waals surface area contributed by atoms with Crippen molar-refractivity contribution in [1.82, 2.24) is 0 Å². The summed E-state index contributed by atoms with van der Waals surface area (Å²) >= 11 is 0. The summed E-state index contributed by atoms with van der Waals surface area (Å²) < 4.78 is 6.27. The average molecular weight is 407 g/mol. The van der Waals surface area contributed by atoms with Gasteiger partial charge in [0.25, 0.3) is 0 Å². The van der Waals surface area contributed by atoms with Crippen LogP contribution >= 0.6 is 0 Å². The summed E-state index contributed by atoms with van der Waals surface area (Å²) in [7, 11) is -1.75. The topological polar surface area (TPSA) is 26.3 Å². The number of carbonyl (C=O) groups is 1. The standard InChI is InChI=1S/C26H34O2Si/c1-26(2,3)29(4,5)28-19-11-15-20-12-6-8-16-22(20)24-18-10-14-21-13-7-9-17-23(21)25(24)27/h6-9,11-13,15-17,24H,10,14,18-19H2,1-5H3/b15-11+. The SMILES string of the molecule is CC(C)(C)[Si](C)(C)OC/C=C/c1ccccc1C1CCCc2ccccc2C1=O. The lowest BCUT2D eigenvalue weighted by Gasteiger charge is -2.35. The van der Waals surface area contributed by atoms with Gasteiger partial charge in [0.15, 0.2) is 14.1 Å². The highest BCUT2D eigenvalue weighted by atomic mass is 28.4. The molecule has 0 bridgehead atoms. The second kappa shape index (κ2) is 8.81. The second-order valence-corrected chi connectivity index (χ2v) is 14.4. The molecule has 0 N–H and O–H groups in total. The lowest BCUT2D eigenvalue weighted by Crippen LogP contribution is -2.40. The van der Waals surface area contributed by atoms with Crippen molar-refractivity contribution in [1.29, 1.82) is 0 Å². The molecule has 3 rings (SSSR count). The third-order valence-electron chi connectivity index (χ3n) is 6.55. The minimum Gasteiger partial charge on any atom is -0.413 e. The maximum absolute atomic E-state index is 13.3. The van der Waals surface area contributed by atoms with Crippen LogP contribution in [-0.2, 0) is 10.8 Å². The van der Waals surface area contributed by atoms with Crippen LogP contribution in [-0.4, -0.2) is 20.7 Å². The minimum absolute atomic E-state index is 0.0687. The molecule has 1 aliphatic carbocycles. The number of benzene rings is 2. The Labute approximate surface area is 177 Å². The zero-order valence-corrected chi connectivity index (χ0v) is 19.5. The fourth-order valence-corrected chi connectivity index (χ4v) is 4.66. The molecule has 2 aromatic carbocycles. The molecular formula is C26H34O2Si. The molecule has 0 spiro atoms. The smallest absolute Gasteiger partial charge is 0.192 e. The fourth-order valence-electron chi connectivity index (χ4n) is 3.72. The molecule has 0 amide bonds. The van der Waals surface area contributed by atoms with Gasteiger partial charge in [0, 0.05) is 11.5 Å². The van der Waals surface area contributed by atoms with Crippen molar-refractivity contribution in [3.05, 3.63) is 76.9 Å². The highest BCUT2D eigenvalue weighted by Crippen LogP contribution is 2.37. The molecule has 0 fully saturated rings. The Morgan fingerprint density at radius 2 is 1.76 bits per heavy atom. The number of rotatable bonds is 5. The molecule has 2 aromatic rings. The van der Waals surface area contributed by atoms with E-state index < -0.39 is 8.32 Å². The normalized spacial score (nSPS) is 18.0. The van der Waals surface area contributed by atoms with Crippen LogP contribution in [0.25, 0.3) is 6.08 Å². The zero-order chi connectivity index (χ0) is 21.1. The minimum atomic E-state index is -1.75. The molecule has 1 unspecified atom stereocenters. The first kappa shape index (κ1) is 21.7. The Morgan fingerprint density at radius 3 is 2.52 bits per heavy atom. The maximum Gasteiger partial charge on any atom is 0.192 e. The molecule has 2 nitrogen and oxygen atoms in total. The van der Waals surface area contributed by atoms with Crippen molar-refractivity contribution in [2.24, 2.45) is 0 Å². The molecule has 0 saturated heterocycles. The number of Topliss-reactive ketones (excluding diaryl/α,β-unsaturated/α-hetero) is 1. The maximum atomic E-state index is 13.3. The summed E-state index contributed by atoms with van der Waals surface area (Å²) in [5.74, 6) is 0.192. The van der Waals surface area contributed by atoms with Gasteiger partial charge in [-0.3, -0.25) is 4.79 Å². The van der Waals surface area contributed by atoms with Crippen molar-refractivity contribution >= 4 is 20.2 Å². The number of hydrogen-bond donors (Lipinski definition) is 0. The quantitative estimate of drug-likeness (QED) is 0.394. The predicted molar refractivity (Wildman–Crippen MR) is 125 cm³/mol. The van der Waals surface area contributed by atoms with Gasteiger partial charge in [0.1, 0.15) is 0 Å². The fraction of sp³-hybridized carbons (Fsp3) is 0.423. The van der Waals surface area contributed by atoms with Gasteiger partial charge in [-0.25, -0.2) is 0 Å². The predicted octanol–water partition coefficient (Wildman–Crippen LogP) is 7.02. The molecule has 154 valence electrons.